The fourth-order valence-corrected chi connectivity index (χ4v) is 3.32. The Morgan fingerprint density at radius 1 is 1.15 bits per heavy atom. The van der Waals surface area contributed by atoms with Gasteiger partial charge in [0, 0.05) is 37.2 Å². The first-order valence-electron chi connectivity index (χ1n) is 9.28. The Bertz CT molecular complexity index is 902. The molecular formula is C21H22N4O2. The van der Waals surface area contributed by atoms with Gasteiger partial charge < -0.3 is 14.6 Å². The molecule has 0 aliphatic carbocycles. The number of anilines is 1. The number of nitrogens with one attached hydrogen (secondary N) is 1. The lowest BCUT2D eigenvalue weighted by Crippen LogP contribution is -2.25. The van der Waals surface area contributed by atoms with Crippen molar-refractivity contribution in [1.82, 2.24) is 15.5 Å². The maximum atomic E-state index is 12.4. The van der Waals surface area contributed by atoms with Gasteiger partial charge in [0.25, 0.3) is 5.91 Å². The second-order valence-electron chi connectivity index (χ2n) is 6.66. The lowest BCUT2D eigenvalue weighted by molar-refractivity contribution is 0.0953. The molecule has 6 nitrogen and oxygen atoms in total. The summed E-state index contributed by atoms with van der Waals surface area (Å²) >= 11 is 0. The summed E-state index contributed by atoms with van der Waals surface area (Å²) in [4.78, 5) is 14.8. The highest BCUT2D eigenvalue weighted by molar-refractivity contribution is 5.95. The number of hydrogen-bond donors (Lipinski definition) is 1. The zero-order valence-corrected chi connectivity index (χ0v) is 15.1. The van der Waals surface area contributed by atoms with Crippen molar-refractivity contribution < 1.29 is 9.21 Å². The van der Waals surface area contributed by atoms with Gasteiger partial charge in [0.15, 0.2) is 0 Å². The summed E-state index contributed by atoms with van der Waals surface area (Å²) in [6, 6.07) is 13.3. The van der Waals surface area contributed by atoms with E-state index in [1.807, 2.05) is 42.5 Å². The highest BCUT2D eigenvalue weighted by Crippen LogP contribution is 2.24. The number of aromatic nitrogens is 2. The molecule has 1 saturated heterocycles. The Morgan fingerprint density at radius 2 is 2.04 bits per heavy atom. The molecule has 1 fully saturated rings. The molecular weight excluding hydrogens is 340 g/mol. The zero-order valence-electron chi connectivity index (χ0n) is 15.1. The van der Waals surface area contributed by atoms with Gasteiger partial charge in [-0.3, -0.25) is 4.79 Å². The number of amides is 1. The molecule has 27 heavy (non-hydrogen) atoms. The van der Waals surface area contributed by atoms with E-state index in [1.165, 1.54) is 12.8 Å². The SMILES string of the molecule is O=C(NCCc1ccco1)c1cccc(-c2cc(N3CCCC3)cnn2)c1. The largest absolute Gasteiger partial charge is 0.469 e. The minimum Gasteiger partial charge on any atom is -0.469 e. The standard InChI is InChI=1S/C21H22N4O2/c26-21(22-9-8-19-7-4-12-27-19)17-6-3-5-16(13-17)20-14-18(15-23-24-20)25-10-1-2-11-25/h3-7,12-15H,1-2,8-11H2,(H,22,26). The lowest BCUT2D eigenvalue weighted by atomic mass is 10.1. The van der Waals surface area contributed by atoms with Gasteiger partial charge in [-0.25, -0.2) is 0 Å². The number of furan rings is 1. The molecule has 138 valence electrons. The van der Waals surface area contributed by atoms with E-state index in [0.29, 0.717) is 18.5 Å². The van der Waals surface area contributed by atoms with Crippen LogP contribution in [0.25, 0.3) is 11.3 Å². The van der Waals surface area contributed by atoms with Crippen LogP contribution in [-0.4, -0.2) is 35.7 Å². The quantitative estimate of drug-likeness (QED) is 0.728. The zero-order chi connectivity index (χ0) is 18.5. The number of nitrogens with zero attached hydrogens (tertiary/aromatic N) is 3. The monoisotopic (exact) mass is 362 g/mol. The van der Waals surface area contributed by atoms with E-state index in [2.05, 4.69) is 20.4 Å². The van der Waals surface area contributed by atoms with Crippen LogP contribution in [-0.2, 0) is 6.42 Å². The van der Waals surface area contributed by atoms with Gasteiger partial charge in [-0.15, -0.1) is 0 Å². The second kappa shape index (κ2) is 8.03. The maximum Gasteiger partial charge on any atom is 0.251 e. The minimum atomic E-state index is -0.105. The van der Waals surface area contributed by atoms with E-state index in [9.17, 15) is 4.79 Å². The molecule has 3 heterocycles. The highest BCUT2D eigenvalue weighted by Gasteiger charge is 2.14. The molecule has 1 N–H and O–H groups in total. The van der Waals surface area contributed by atoms with Crippen molar-refractivity contribution >= 4 is 11.6 Å². The Hall–Kier alpha value is -3.15. The van der Waals surface area contributed by atoms with Crippen molar-refractivity contribution in [2.45, 2.75) is 19.3 Å². The summed E-state index contributed by atoms with van der Waals surface area (Å²) in [6.07, 6.45) is 6.54. The smallest absolute Gasteiger partial charge is 0.251 e. The molecule has 3 aromatic rings. The first-order valence-corrected chi connectivity index (χ1v) is 9.28. The third-order valence-electron chi connectivity index (χ3n) is 4.77. The first-order chi connectivity index (χ1) is 13.3. The van der Waals surface area contributed by atoms with Crippen LogP contribution in [0.2, 0.25) is 0 Å². The molecule has 0 spiro atoms. The van der Waals surface area contributed by atoms with Crippen molar-refractivity contribution in [2.24, 2.45) is 0 Å². The van der Waals surface area contributed by atoms with Crippen LogP contribution in [0.1, 0.15) is 29.0 Å². The third kappa shape index (κ3) is 4.16. The minimum absolute atomic E-state index is 0.105. The second-order valence-corrected chi connectivity index (χ2v) is 6.66. The normalized spacial score (nSPS) is 13.7. The molecule has 0 radical (unpaired) electrons. The predicted molar refractivity (Wildman–Crippen MR) is 104 cm³/mol. The number of rotatable bonds is 6. The van der Waals surface area contributed by atoms with Gasteiger partial charge in [-0.2, -0.15) is 10.2 Å². The molecule has 0 saturated carbocycles. The highest BCUT2D eigenvalue weighted by atomic mass is 16.3. The Labute approximate surface area is 158 Å². The molecule has 4 rings (SSSR count). The number of carbonyl (C=O) groups excluding carboxylic acids is 1. The van der Waals surface area contributed by atoms with Gasteiger partial charge in [0.1, 0.15) is 5.76 Å². The molecule has 0 atom stereocenters. The average molecular weight is 362 g/mol. The Kier molecular flexibility index (Phi) is 5.14. The van der Waals surface area contributed by atoms with E-state index in [1.54, 1.807) is 12.5 Å². The maximum absolute atomic E-state index is 12.4. The summed E-state index contributed by atoms with van der Waals surface area (Å²) in [5.41, 5.74) is 3.37. The fraction of sp³-hybridized carbons (Fsp3) is 0.286. The molecule has 1 aliphatic heterocycles. The number of hydrogen-bond acceptors (Lipinski definition) is 5. The third-order valence-corrected chi connectivity index (χ3v) is 4.77. The molecule has 0 unspecified atom stereocenters. The Morgan fingerprint density at radius 3 is 2.85 bits per heavy atom. The molecule has 1 aromatic carbocycles. The van der Waals surface area contributed by atoms with Crippen molar-refractivity contribution in [2.75, 3.05) is 24.5 Å². The molecule has 1 amide bonds. The number of carbonyl (C=O) groups is 1. The summed E-state index contributed by atoms with van der Waals surface area (Å²) < 4.78 is 5.28. The van der Waals surface area contributed by atoms with Crippen LogP contribution in [0.3, 0.4) is 0 Å². The van der Waals surface area contributed by atoms with Gasteiger partial charge in [0.2, 0.25) is 0 Å². The molecule has 6 heteroatoms. The van der Waals surface area contributed by atoms with Crippen molar-refractivity contribution in [3.8, 4) is 11.3 Å². The molecule has 2 aromatic heterocycles. The van der Waals surface area contributed by atoms with E-state index in [0.717, 1.165) is 35.8 Å². The van der Waals surface area contributed by atoms with E-state index < -0.39 is 0 Å². The average Bonchev–Trinajstić information content (AvgIpc) is 3.42. The van der Waals surface area contributed by atoms with Crippen LogP contribution < -0.4 is 10.2 Å². The van der Waals surface area contributed by atoms with Crippen LogP contribution in [0.4, 0.5) is 5.69 Å². The van der Waals surface area contributed by atoms with Crippen LogP contribution >= 0.6 is 0 Å². The van der Waals surface area contributed by atoms with E-state index in [4.69, 9.17) is 4.42 Å². The van der Waals surface area contributed by atoms with Crippen molar-refractivity contribution in [3.63, 3.8) is 0 Å². The molecule has 0 bridgehead atoms. The summed E-state index contributed by atoms with van der Waals surface area (Å²) in [5, 5.41) is 11.3. The van der Waals surface area contributed by atoms with Crippen LogP contribution in [0, 0.1) is 0 Å². The topological polar surface area (TPSA) is 71.3 Å². The Balaban J connectivity index is 1.45. The summed E-state index contributed by atoms with van der Waals surface area (Å²) in [7, 11) is 0. The van der Waals surface area contributed by atoms with E-state index >= 15 is 0 Å². The predicted octanol–water partition coefficient (Wildman–Crippen LogP) is 3.31. The van der Waals surface area contributed by atoms with Crippen molar-refractivity contribution in [1.29, 1.82) is 0 Å². The summed E-state index contributed by atoms with van der Waals surface area (Å²) in [5.74, 6) is 0.755. The van der Waals surface area contributed by atoms with Gasteiger partial charge in [-0.05, 0) is 43.2 Å². The van der Waals surface area contributed by atoms with Gasteiger partial charge >= 0.3 is 0 Å². The summed E-state index contributed by atoms with van der Waals surface area (Å²) in [6.45, 7) is 2.65. The first kappa shape index (κ1) is 17.3. The molecule has 1 aliphatic rings. The van der Waals surface area contributed by atoms with Crippen LogP contribution in [0.5, 0.6) is 0 Å². The fourth-order valence-electron chi connectivity index (χ4n) is 3.32. The van der Waals surface area contributed by atoms with Crippen molar-refractivity contribution in [3.05, 3.63) is 66.2 Å². The van der Waals surface area contributed by atoms with E-state index in [-0.39, 0.29) is 5.91 Å². The van der Waals surface area contributed by atoms with Crippen LogP contribution in [0.15, 0.2) is 59.3 Å². The number of benzene rings is 1. The van der Waals surface area contributed by atoms with Gasteiger partial charge in [0.05, 0.1) is 23.8 Å². The lowest BCUT2D eigenvalue weighted by Gasteiger charge is -2.17. The van der Waals surface area contributed by atoms with Gasteiger partial charge in [-0.1, -0.05) is 12.1 Å².